The third kappa shape index (κ3) is 4.78. The fourth-order valence-corrected chi connectivity index (χ4v) is 1.48. The van der Waals surface area contributed by atoms with Crippen LogP contribution in [0, 0.1) is 0 Å². The fraction of sp³-hybridized carbons (Fsp3) is 0.833. The fourth-order valence-electron chi connectivity index (χ4n) is 0.492. The van der Waals surface area contributed by atoms with E-state index in [2.05, 4.69) is 4.18 Å². The summed E-state index contributed by atoms with van der Waals surface area (Å²) in [6.07, 6.45) is 0.544. The Balaban J connectivity index is 4.03. The van der Waals surface area contributed by atoms with Crippen molar-refractivity contribution in [2.45, 2.75) is 26.7 Å². The molecule has 0 N–H and O–H groups in total. The molecule has 0 aliphatic carbocycles. The van der Waals surface area contributed by atoms with Crippen molar-refractivity contribution >= 4 is 16.1 Å². The average molecular weight is 180 g/mol. The molecule has 11 heavy (non-hydrogen) atoms. The highest BCUT2D eigenvalue weighted by atomic mass is 32.2. The van der Waals surface area contributed by atoms with Crippen LogP contribution in [0.3, 0.4) is 0 Å². The number of carbonyl (C=O) groups excluding carboxylic acids is 1. The molecular formula is C6H12O4S. The zero-order valence-corrected chi connectivity index (χ0v) is 7.48. The van der Waals surface area contributed by atoms with Gasteiger partial charge in [0.25, 0.3) is 0 Å². The van der Waals surface area contributed by atoms with Crippen LogP contribution in [0.4, 0.5) is 0 Å². The van der Waals surface area contributed by atoms with Crippen LogP contribution in [-0.4, -0.2) is 20.1 Å². The van der Waals surface area contributed by atoms with Gasteiger partial charge in [-0.2, -0.15) is 8.42 Å². The molecule has 0 saturated heterocycles. The Labute approximate surface area is 66.7 Å². The lowest BCUT2D eigenvalue weighted by atomic mass is 10.5. The van der Waals surface area contributed by atoms with E-state index in [9.17, 15) is 13.2 Å². The van der Waals surface area contributed by atoms with Gasteiger partial charge in [0.2, 0.25) is 0 Å². The summed E-state index contributed by atoms with van der Waals surface area (Å²) in [7, 11) is -3.59. The first-order valence-electron chi connectivity index (χ1n) is 3.46. The monoisotopic (exact) mass is 180 g/mol. The van der Waals surface area contributed by atoms with Crippen LogP contribution in [0.5, 0.6) is 0 Å². The van der Waals surface area contributed by atoms with Crippen molar-refractivity contribution in [1.82, 2.24) is 0 Å². The lowest BCUT2D eigenvalue weighted by Gasteiger charge is -2.01. The van der Waals surface area contributed by atoms with Gasteiger partial charge >= 0.3 is 16.1 Å². The molecule has 0 bridgehead atoms. The van der Waals surface area contributed by atoms with E-state index in [1.165, 1.54) is 0 Å². The van der Waals surface area contributed by atoms with Crippen LogP contribution >= 0.6 is 0 Å². The Bertz CT molecular complexity index is 217. The van der Waals surface area contributed by atoms with Gasteiger partial charge < -0.3 is 4.18 Å². The summed E-state index contributed by atoms with van der Waals surface area (Å²) in [4.78, 5) is 10.5. The van der Waals surface area contributed by atoms with Gasteiger partial charge in [-0.3, -0.25) is 4.79 Å². The lowest BCUT2D eigenvalue weighted by molar-refractivity contribution is -0.133. The molecule has 0 fully saturated rings. The highest BCUT2D eigenvalue weighted by molar-refractivity contribution is 7.87. The van der Waals surface area contributed by atoms with Crippen LogP contribution in [-0.2, 0) is 19.1 Å². The normalized spacial score (nSPS) is 11.1. The van der Waals surface area contributed by atoms with Gasteiger partial charge in [-0.05, 0) is 6.42 Å². The highest BCUT2D eigenvalue weighted by Gasteiger charge is 2.13. The molecule has 0 aliphatic heterocycles. The van der Waals surface area contributed by atoms with E-state index in [0.717, 1.165) is 0 Å². The van der Waals surface area contributed by atoms with E-state index in [-0.39, 0.29) is 12.2 Å². The standard InChI is InChI=1S/C6H12O4S/c1-3-5-11(8,9)10-6(7)4-2/h3-5H2,1-2H3. The van der Waals surface area contributed by atoms with E-state index in [1.54, 1.807) is 13.8 Å². The quantitative estimate of drug-likeness (QED) is 0.597. The first-order valence-corrected chi connectivity index (χ1v) is 5.04. The smallest absolute Gasteiger partial charge is 0.321 e. The molecule has 0 spiro atoms. The zero-order valence-electron chi connectivity index (χ0n) is 6.66. The Hall–Kier alpha value is -0.580. The van der Waals surface area contributed by atoms with E-state index in [4.69, 9.17) is 0 Å². The Morgan fingerprint density at radius 3 is 2.27 bits per heavy atom. The largest absolute Gasteiger partial charge is 0.346 e. The molecule has 0 aromatic carbocycles. The second-order valence-electron chi connectivity index (χ2n) is 2.07. The number of carbonyl (C=O) groups is 1. The molecule has 0 rings (SSSR count). The van der Waals surface area contributed by atoms with Gasteiger partial charge in [0.05, 0.1) is 5.75 Å². The predicted octanol–water partition coefficient (Wildman–Crippen LogP) is 0.679. The van der Waals surface area contributed by atoms with Crippen molar-refractivity contribution in [2.24, 2.45) is 0 Å². The second-order valence-corrected chi connectivity index (χ2v) is 3.76. The van der Waals surface area contributed by atoms with Crippen molar-refractivity contribution < 1.29 is 17.4 Å². The molecule has 66 valence electrons. The topological polar surface area (TPSA) is 60.4 Å². The van der Waals surface area contributed by atoms with Crippen molar-refractivity contribution in [2.75, 3.05) is 5.75 Å². The molecule has 0 amide bonds. The highest BCUT2D eigenvalue weighted by Crippen LogP contribution is 1.97. The molecule has 0 unspecified atom stereocenters. The third-order valence-corrected chi connectivity index (χ3v) is 2.31. The molecule has 0 aromatic heterocycles. The molecular weight excluding hydrogens is 168 g/mol. The molecule has 0 saturated carbocycles. The summed E-state index contributed by atoms with van der Waals surface area (Å²) in [5.41, 5.74) is 0. The zero-order chi connectivity index (χ0) is 8.91. The van der Waals surface area contributed by atoms with Crippen molar-refractivity contribution in [1.29, 1.82) is 0 Å². The molecule has 0 aliphatic rings. The van der Waals surface area contributed by atoms with Gasteiger partial charge in [0.15, 0.2) is 0 Å². The SMILES string of the molecule is CCCS(=O)(=O)OC(=O)CC. The molecule has 4 nitrogen and oxygen atoms in total. The minimum Gasteiger partial charge on any atom is -0.346 e. The second kappa shape index (κ2) is 4.33. The van der Waals surface area contributed by atoms with Gasteiger partial charge in [-0.1, -0.05) is 13.8 Å². The maximum atomic E-state index is 10.8. The van der Waals surface area contributed by atoms with Crippen LogP contribution < -0.4 is 0 Å². The molecule has 0 atom stereocenters. The Kier molecular flexibility index (Phi) is 4.10. The number of rotatable bonds is 4. The summed E-state index contributed by atoms with van der Waals surface area (Å²) in [6, 6.07) is 0. The summed E-state index contributed by atoms with van der Waals surface area (Å²) >= 11 is 0. The summed E-state index contributed by atoms with van der Waals surface area (Å²) in [5, 5.41) is 0. The van der Waals surface area contributed by atoms with Crippen molar-refractivity contribution in [3.05, 3.63) is 0 Å². The summed E-state index contributed by atoms with van der Waals surface area (Å²) in [5.74, 6) is -0.794. The van der Waals surface area contributed by atoms with Crippen LogP contribution in [0.25, 0.3) is 0 Å². The van der Waals surface area contributed by atoms with E-state index >= 15 is 0 Å². The van der Waals surface area contributed by atoms with Crippen molar-refractivity contribution in [3.8, 4) is 0 Å². The first kappa shape index (κ1) is 10.4. The third-order valence-electron chi connectivity index (χ3n) is 0.963. The maximum absolute atomic E-state index is 10.8. The lowest BCUT2D eigenvalue weighted by Crippen LogP contribution is -2.14. The molecule has 0 aromatic rings. The first-order chi connectivity index (χ1) is 5.02. The molecule has 0 heterocycles. The Morgan fingerprint density at radius 1 is 1.36 bits per heavy atom. The van der Waals surface area contributed by atoms with Gasteiger partial charge in [0.1, 0.15) is 0 Å². The van der Waals surface area contributed by atoms with Crippen LogP contribution in [0.15, 0.2) is 0 Å². The minimum absolute atomic E-state index is 0.0863. The van der Waals surface area contributed by atoms with Crippen molar-refractivity contribution in [3.63, 3.8) is 0 Å². The van der Waals surface area contributed by atoms with Crippen LogP contribution in [0.2, 0.25) is 0 Å². The van der Waals surface area contributed by atoms with Gasteiger partial charge in [-0.25, -0.2) is 0 Å². The maximum Gasteiger partial charge on any atom is 0.321 e. The summed E-state index contributed by atoms with van der Waals surface area (Å²) in [6.45, 7) is 3.25. The molecule has 0 radical (unpaired) electrons. The molecule has 5 heteroatoms. The van der Waals surface area contributed by atoms with E-state index in [1.807, 2.05) is 0 Å². The predicted molar refractivity (Wildman–Crippen MR) is 40.5 cm³/mol. The van der Waals surface area contributed by atoms with E-state index in [0.29, 0.717) is 6.42 Å². The van der Waals surface area contributed by atoms with Gasteiger partial charge in [0, 0.05) is 6.42 Å². The number of hydrogen-bond acceptors (Lipinski definition) is 4. The Morgan fingerprint density at radius 2 is 1.91 bits per heavy atom. The van der Waals surface area contributed by atoms with Crippen LogP contribution in [0.1, 0.15) is 26.7 Å². The van der Waals surface area contributed by atoms with E-state index < -0.39 is 16.1 Å². The minimum atomic E-state index is -3.59. The summed E-state index contributed by atoms with van der Waals surface area (Å²) < 4.78 is 25.7. The number of hydrogen-bond donors (Lipinski definition) is 0. The average Bonchev–Trinajstić information content (AvgIpc) is 1.86. The van der Waals surface area contributed by atoms with Gasteiger partial charge in [-0.15, -0.1) is 0 Å².